The molecule has 0 N–H and O–H groups in total. The lowest BCUT2D eigenvalue weighted by molar-refractivity contribution is 0.417. The number of rotatable bonds is 1. The first kappa shape index (κ1) is 12.9. The summed E-state index contributed by atoms with van der Waals surface area (Å²) < 4.78 is 11.6. The van der Waals surface area contributed by atoms with Crippen molar-refractivity contribution in [2.24, 2.45) is 0 Å². The number of ether oxygens (including phenoxy) is 1. The van der Waals surface area contributed by atoms with Gasteiger partial charge < -0.3 is 9.15 Å². The highest BCUT2D eigenvalue weighted by Crippen LogP contribution is 2.37. The number of hydrogen-bond donors (Lipinski definition) is 0. The van der Waals surface area contributed by atoms with Crippen LogP contribution in [0.4, 0.5) is 0 Å². The molecule has 0 aliphatic rings. The standard InChI is InChI=1S/C19H14O3/c1-11-16-17(20)14-9-5-6-10-15(14)22-19(16)13-8-4-3-7-12(13)18(11)21-2/h3-10H,1-2H3. The van der Waals surface area contributed by atoms with Crippen molar-refractivity contribution >= 4 is 32.7 Å². The van der Waals surface area contributed by atoms with Crippen molar-refractivity contribution in [2.45, 2.75) is 6.92 Å². The SMILES string of the molecule is COc1c(C)c2c(=O)c3ccccc3oc2c2ccccc12. The fraction of sp³-hybridized carbons (Fsp3) is 0.105. The van der Waals surface area contributed by atoms with Crippen molar-refractivity contribution in [2.75, 3.05) is 7.11 Å². The Hall–Kier alpha value is -2.81. The molecule has 0 spiro atoms. The summed E-state index contributed by atoms with van der Waals surface area (Å²) in [5.41, 5.74) is 2.03. The molecule has 1 heterocycles. The summed E-state index contributed by atoms with van der Waals surface area (Å²) in [5.74, 6) is 0.727. The molecule has 1 aromatic heterocycles. The molecular weight excluding hydrogens is 276 g/mol. The highest BCUT2D eigenvalue weighted by Gasteiger charge is 2.17. The summed E-state index contributed by atoms with van der Waals surface area (Å²) in [6.07, 6.45) is 0. The van der Waals surface area contributed by atoms with Gasteiger partial charge in [0.05, 0.1) is 17.9 Å². The van der Waals surface area contributed by atoms with E-state index < -0.39 is 0 Å². The molecule has 0 aliphatic carbocycles. The summed E-state index contributed by atoms with van der Waals surface area (Å²) in [6, 6.07) is 15.2. The van der Waals surface area contributed by atoms with E-state index in [-0.39, 0.29) is 5.43 Å². The molecule has 3 nitrogen and oxygen atoms in total. The third kappa shape index (κ3) is 1.59. The van der Waals surface area contributed by atoms with E-state index in [1.54, 1.807) is 13.2 Å². The van der Waals surface area contributed by atoms with E-state index in [2.05, 4.69) is 0 Å². The Morgan fingerprint density at radius 1 is 0.909 bits per heavy atom. The van der Waals surface area contributed by atoms with Gasteiger partial charge in [-0.1, -0.05) is 36.4 Å². The van der Waals surface area contributed by atoms with Gasteiger partial charge in [0.1, 0.15) is 16.9 Å². The van der Waals surface area contributed by atoms with Crippen molar-refractivity contribution in [3.05, 3.63) is 64.3 Å². The lowest BCUT2D eigenvalue weighted by atomic mass is 9.99. The molecule has 22 heavy (non-hydrogen) atoms. The minimum atomic E-state index is -0.0154. The maximum atomic E-state index is 12.9. The van der Waals surface area contributed by atoms with Crippen LogP contribution >= 0.6 is 0 Å². The molecular formula is C19H14O3. The second-order valence-electron chi connectivity index (χ2n) is 5.34. The van der Waals surface area contributed by atoms with Crippen molar-refractivity contribution in [3.63, 3.8) is 0 Å². The smallest absolute Gasteiger partial charge is 0.200 e. The molecule has 0 atom stereocenters. The fourth-order valence-corrected chi connectivity index (χ4v) is 3.13. The average molecular weight is 290 g/mol. The topological polar surface area (TPSA) is 39.4 Å². The Morgan fingerprint density at radius 2 is 1.55 bits per heavy atom. The second-order valence-corrected chi connectivity index (χ2v) is 5.34. The van der Waals surface area contributed by atoms with Crippen LogP contribution in [0.25, 0.3) is 32.7 Å². The second kappa shape index (κ2) is 4.60. The summed E-state index contributed by atoms with van der Waals surface area (Å²) in [7, 11) is 1.63. The van der Waals surface area contributed by atoms with E-state index in [1.165, 1.54) is 0 Å². The van der Waals surface area contributed by atoms with Crippen molar-refractivity contribution in [1.29, 1.82) is 0 Å². The quantitative estimate of drug-likeness (QED) is 0.385. The minimum Gasteiger partial charge on any atom is -0.496 e. The molecule has 0 amide bonds. The molecule has 0 fully saturated rings. The maximum Gasteiger partial charge on any atom is 0.200 e. The lowest BCUT2D eigenvalue weighted by Crippen LogP contribution is -2.05. The van der Waals surface area contributed by atoms with Crippen molar-refractivity contribution in [3.8, 4) is 5.75 Å². The Labute approximate surface area is 126 Å². The zero-order chi connectivity index (χ0) is 15.3. The molecule has 0 unspecified atom stereocenters. The highest BCUT2D eigenvalue weighted by atomic mass is 16.5. The molecule has 4 rings (SSSR count). The van der Waals surface area contributed by atoms with Crippen LogP contribution in [0.1, 0.15) is 5.56 Å². The number of fused-ring (bicyclic) bond motifs is 4. The van der Waals surface area contributed by atoms with Gasteiger partial charge in [0.15, 0.2) is 0 Å². The molecule has 3 aromatic carbocycles. The van der Waals surface area contributed by atoms with E-state index in [0.29, 0.717) is 21.9 Å². The number of benzene rings is 3. The predicted molar refractivity (Wildman–Crippen MR) is 88.8 cm³/mol. The summed E-state index contributed by atoms with van der Waals surface area (Å²) in [4.78, 5) is 12.9. The van der Waals surface area contributed by atoms with Crippen LogP contribution in [0.15, 0.2) is 57.7 Å². The molecule has 0 bridgehead atoms. The first-order valence-electron chi connectivity index (χ1n) is 7.13. The first-order valence-corrected chi connectivity index (χ1v) is 7.13. The number of para-hydroxylation sites is 1. The van der Waals surface area contributed by atoms with Gasteiger partial charge in [0.2, 0.25) is 5.43 Å². The van der Waals surface area contributed by atoms with Crippen LogP contribution in [-0.4, -0.2) is 7.11 Å². The first-order chi connectivity index (χ1) is 10.7. The molecule has 3 heteroatoms. The summed E-state index contributed by atoms with van der Waals surface area (Å²) in [6.45, 7) is 1.90. The van der Waals surface area contributed by atoms with Crippen molar-refractivity contribution < 1.29 is 9.15 Å². The molecule has 0 radical (unpaired) electrons. The van der Waals surface area contributed by atoms with Crippen LogP contribution in [0.3, 0.4) is 0 Å². The van der Waals surface area contributed by atoms with Gasteiger partial charge in [-0.05, 0) is 19.1 Å². The Bertz CT molecular complexity index is 1090. The molecule has 4 aromatic rings. The normalized spacial score (nSPS) is 11.4. The van der Waals surface area contributed by atoms with Gasteiger partial charge in [-0.15, -0.1) is 0 Å². The van der Waals surface area contributed by atoms with Gasteiger partial charge in [0.25, 0.3) is 0 Å². The maximum absolute atomic E-state index is 12.9. The summed E-state index contributed by atoms with van der Waals surface area (Å²) in [5, 5.41) is 3.03. The number of aryl methyl sites for hydroxylation is 1. The van der Waals surface area contributed by atoms with Gasteiger partial charge in [-0.3, -0.25) is 4.79 Å². The summed E-state index contributed by atoms with van der Waals surface area (Å²) >= 11 is 0. The largest absolute Gasteiger partial charge is 0.496 e. The van der Waals surface area contributed by atoms with E-state index in [0.717, 1.165) is 22.1 Å². The Balaban J connectivity index is 2.40. The van der Waals surface area contributed by atoms with Crippen LogP contribution < -0.4 is 10.2 Å². The zero-order valence-corrected chi connectivity index (χ0v) is 12.3. The molecule has 0 saturated carbocycles. The van der Waals surface area contributed by atoms with E-state index in [9.17, 15) is 4.79 Å². The molecule has 0 aliphatic heterocycles. The van der Waals surface area contributed by atoms with E-state index >= 15 is 0 Å². The zero-order valence-electron chi connectivity index (χ0n) is 12.3. The van der Waals surface area contributed by atoms with Crippen molar-refractivity contribution in [1.82, 2.24) is 0 Å². The lowest BCUT2D eigenvalue weighted by Gasteiger charge is -2.13. The molecule has 108 valence electrons. The van der Waals surface area contributed by atoms with Gasteiger partial charge in [-0.25, -0.2) is 0 Å². The monoisotopic (exact) mass is 290 g/mol. The number of hydrogen-bond acceptors (Lipinski definition) is 3. The fourth-order valence-electron chi connectivity index (χ4n) is 3.13. The van der Waals surface area contributed by atoms with Gasteiger partial charge in [-0.2, -0.15) is 0 Å². The number of methoxy groups -OCH3 is 1. The molecule has 0 saturated heterocycles. The average Bonchev–Trinajstić information content (AvgIpc) is 2.55. The van der Waals surface area contributed by atoms with E-state index in [1.807, 2.05) is 49.4 Å². The predicted octanol–water partition coefficient (Wildman–Crippen LogP) is 4.42. The van der Waals surface area contributed by atoms with Crippen LogP contribution in [0, 0.1) is 6.92 Å². The third-order valence-corrected chi connectivity index (χ3v) is 4.13. The highest BCUT2D eigenvalue weighted by molar-refractivity contribution is 6.11. The van der Waals surface area contributed by atoms with Gasteiger partial charge >= 0.3 is 0 Å². The van der Waals surface area contributed by atoms with Crippen LogP contribution in [-0.2, 0) is 0 Å². The van der Waals surface area contributed by atoms with Crippen LogP contribution in [0.5, 0.6) is 5.75 Å². The van der Waals surface area contributed by atoms with Crippen LogP contribution in [0.2, 0.25) is 0 Å². The Kier molecular flexibility index (Phi) is 2.70. The van der Waals surface area contributed by atoms with Gasteiger partial charge in [0, 0.05) is 16.3 Å². The third-order valence-electron chi connectivity index (χ3n) is 4.13. The minimum absolute atomic E-state index is 0.0154. The Morgan fingerprint density at radius 3 is 2.27 bits per heavy atom. The van der Waals surface area contributed by atoms with E-state index in [4.69, 9.17) is 9.15 Å².